The van der Waals surface area contributed by atoms with Gasteiger partial charge in [0.25, 0.3) is 0 Å². The van der Waals surface area contributed by atoms with E-state index in [-0.39, 0.29) is 30.6 Å². The van der Waals surface area contributed by atoms with Crippen LogP contribution in [0.15, 0.2) is 12.2 Å². The molecule has 7 nitrogen and oxygen atoms in total. The second kappa shape index (κ2) is 9.71. The van der Waals surface area contributed by atoms with Crippen molar-refractivity contribution in [1.29, 1.82) is 0 Å². The molecule has 1 aliphatic rings. The predicted octanol–water partition coefficient (Wildman–Crippen LogP) is 0.233. The third kappa shape index (κ3) is 4.98. The zero-order valence-electron chi connectivity index (χ0n) is 16.0. The standard InChI is InChI=1S/C19H32O7/c1-5-7-11(3)18-19(4,26-18)17(25)14(10-21)16(24)13(9-20)15(23)8-12(22)6-2/h5,7,11,13-15,17-18,20-21,23,25H,6,8-10H2,1-4H3/b7-5-/t11-,13?,14+,15?,17?,18+,19+/m0/s1. The first kappa shape index (κ1) is 22.9. The minimum absolute atomic E-state index is 0.0236. The summed E-state index contributed by atoms with van der Waals surface area (Å²) in [7, 11) is 0. The first-order valence-corrected chi connectivity index (χ1v) is 9.11. The van der Waals surface area contributed by atoms with Crippen molar-refractivity contribution in [3.63, 3.8) is 0 Å². The molecule has 26 heavy (non-hydrogen) atoms. The Kier molecular flexibility index (Phi) is 8.56. The molecule has 1 aliphatic heterocycles. The van der Waals surface area contributed by atoms with E-state index in [1.54, 1.807) is 13.8 Å². The molecule has 3 unspecified atom stereocenters. The highest BCUT2D eigenvalue weighted by Crippen LogP contribution is 2.46. The van der Waals surface area contributed by atoms with E-state index >= 15 is 0 Å². The molecular weight excluding hydrogens is 340 g/mol. The molecule has 7 atom stereocenters. The highest BCUT2D eigenvalue weighted by molar-refractivity contribution is 5.86. The number of aliphatic hydroxyl groups excluding tert-OH is 4. The maximum atomic E-state index is 12.7. The molecule has 0 spiro atoms. The van der Waals surface area contributed by atoms with Crippen molar-refractivity contribution in [3.8, 4) is 0 Å². The van der Waals surface area contributed by atoms with Gasteiger partial charge in [0.05, 0.1) is 43.4 Å². The number of ketones is 2. The van der Waals surface area contributed by atoms with E-state index in [0.29, 0.717) is 0 Å². The zero-order valence-corrected chi connectivity index (χ0v) is 16.0. The fourth-order valence-corrected chi connectivity index (χ4v) is 3.45. The number of carbonyl (C=O) groups excluding carboxylic acids is 2. The molecule has 0 saturated carbocycles. The van der Waals surface area contributed by atoms with Gasteiger partial charge in [-0.15, -0.1) is 0 Å². The van der Waals surface area contributed by atoms with E-state index in [9.17, 15) is 30.0 Å². The number of hydrogen-bond donors (Lipinski definition) is 4. The number of allylic oxidation sites excluding steroid dienone is 1. The maximum Gasteiger partial charge on any atom is 0.148 e. The number of aliphatic hydroxyl groups is 4. The molecular formula is C19H32O7. The topological polar surface area (TPSA) is 128 Å². The quantitative estimate of drug-likeness (QED) is 0.285. The molecule has 1 heterocycles. The lowest BCUT2D eigenvalue weighted by molar-refractivity contribution is -0.140. The number of rotatable bonds is 12. The van der Waals surface area contributed by atoms with Crippen molar-refractivity contribution in [2.24, 2.45) is 17.8 Å². The zero-order chi connectivity index (χ0) is 20.1. The fourth-order valence-electron chi connectivity index (χ4n) is 3.45. The SMILES string of the molecule is C/C=C\[C@H](C)[C@H]1O[C@]1(C)C(O)[C@H](CO)C(=O)C(CO)C(O)CC(=O)CC. The van der Waals surface area contributed by atoms with Crippen LogP contribution in [0.4, 0.5) is 0 Å². The van der Waals surface area contributed by atoms with Gasteiger partial charge in [0.1, 0.15) is 17.2 Å². The van der Waals surface area contributed by atoms with Crippen LogP contribution in [0.1, 0.15) is 40.5 Å². The lowest BCUT2D eigenvalue weighted by Crippen LogP contribution is -2.47. The van der Waals surface area contributed by atoms with Gasteiger partial charge >= 0.3 is 0 Å². The van der Waals surface area contributed by atoms with Crippen LogP contribution in [0.5, 0.6) is 0 Å². The molecule has 0 aromatic rings. The van der Waals surface area contributed by atoms with E-state index in [2.05, 4.69) is 0 Å². The van der Waals surface area contributed by atoms with Gasteiger partial charge in [-0.25, -0.2) is 0 Å². The van der Waals surface area contributed by atoms with Gasteiger partial charge in [-0.05, 0) is 13.8 Å². The maximum absolute atomic E-state index is 12.7. The van der Waals surface area contributed by atoms with Crippen molar-refractivity contribution in [2.75, 3.05) is 13.2 Å². The monoisotopic (exact) mass is 372 g/mol. The van der Waals surface area contributed by atoms with Crippen molar-refractivity contribution in [3.05, 3.63) is 12.2 Å². The van der Waals surface area contributed by atoms with Crippen LogP contribution in [-0.4, -0.2) is 69.1 Å². The normalized spacial score (nSPS) is 28.4. The van der Waals surface area contributed by atoms with Gasteiger partial charge in [0.15, 0.2) is 0 Å². The number of epoxide rings is 1. The van der Waals surface area contributed by atoms with E-state index < -0.39 is 48.6 Å². The summed E-state index contributed by atoms with van der Waals surface area (Å²) < 4.78 is 5.63. The van der Waals surface area contributed by atoms with Crippen LogP contribution in [-0.2, 0) is 14.3 Å². The Morgan fingerprint density at radius 2 is 1.77 bits per heavy atom. The Bertz CT molecular complexity index is 518. The molecule has 0 aliphatic carbocycles. The first-order chi connectivity index (χ1) is 12.2. The van der Waals surface area contributed by atoms with Crippen LogP contribution in [0.2, 0.25) is 0 Å². The summed E-state index contributed by atoms with van der Waals surface area (Å²) >= 11 is 0. The Balaban J connectivity index is 2.88. The smallest absolute Gasteiger partial charge is 0.148 e. The predicted molar refractivity (Wildman–Crippen MR) is 95.3 cm³/mol. The number of Topliss-reactive ketones (excluding diaryl/α,β-unsaturated/α-hetero) is 2. The van der Waals surface area contributed by atoms with Crippen molar-refractivity contribution < 1.29 is 34.8 Å². The fraction of sp³-hybridized carbons (Fsp3) is 0.789. The molecule has 0 aromatic heterocycles. The number of hydrogen-bond acceptors (Lipinski definition) is 7. The summed E-state index contributed by atoms with van der Waals surface area (Å²) in [5.74, 6) is -3.34. The van der Waals surface area contributed by atoms with Gasteiger partial charge in [0, 0.05) is 18.8 Å². The Hall–Kier alpha value is -1.12. The lowest BCUT2D eigenvalue weighted by atomic mass is 9.79. The largest absolute Gasteiger partial charge is 0.396 e. The van der Waals surface area contributed by atoms with Crippen molar-refractivity contribution >= 4 is 11.6 Å². The number of carbonyl (C=O) groups is 2. The first-order valence-electron chi connectivity index (χ1n) is 9.11. The van der Waals surface area contributed by atoms with E-state index in [0.717, 1.165) is 0 Å². The van der Waals surface area contributed by atoms with Crippen LogP contribution in [0, 0.1) is 17.8 Å². The number of ether oxygens (including phenoxy) is 1. The van der Waals surface area contributed by atoms with E-state index in [4.69, 9.17) is 4.74 Å². The molecule has 4 N–H and O–H groups in total. The van der Waals surface area contributed by atoms with Gasteiger partial charge < -0.3 is 25.2 Å². The molecule has 0 radical (unpaired) electrons. The summed E-state index contributed by atoms with van der Waals surface area (Å²) in [5.41, 5.74) is -0.994. The third-order valence-electron chi connectivity index (χ3n) is 5.25. The molecule has 0 bridgehead atoms. The van der Waals surface area contributed by atoms with Crippen LogP contribution >= 0.6 is 0 Å². The van der Waals surface area contributed by atoms with Crippen LogP contribution < -0.4 is 0 Å². The average molecular weight is 372 g/mol. The molecule has 1 saturated heterocycles. The average Bonchev–Trinajstić information content (AvgIpc) is 3.29. The summed E-state index contributed by atoms with van der Waals surface area (Å²) in [6.45, 7) is 5.79. The van der Waals surface area contributed by atoms with Crippen LogP contribution in [0.25, 0.3) is 0 Å². The lowest BCUT2D eigenvalue weighted by Gasteiger charge is -2.28. The second-order valence-corrected chi connectivity index (χ2v) is 7.20. The highest BCUT2D eigenvalue weighted by Gasteiger charge is 2.61. The molecule has 1 rings (SSSR count). The molecule has 0 amide bonds. The molecule has 0 aromatic carbocycles. The van der Waals surface area contributed by atoms with Gasteiger partial charge in [-0.1, -0.05) is 26.0 Å². The molecule has 7 heteroatoms. The second-order valence-electron chi connectivity index (χ2n) is 7.20. The Morgan fingerprint density at radius 3 is 2.23 bits per heavy atom. The minimum atomic E-state index is -1.35. The summed E-state index contributed by atoms with van der Waals surface area (Å²) in [6, 6.07) is 0. The summed E-state index contributed by atoms with van der Waals surface area (Å²) in [4.78, 5) is 24.2. The Morgan fingerprint density at radius 1 is 1.19 bits per heavy atom. The molecule has 150 valence electrons. The minimum Gasteiger partial charge on any atom is -0.396 e. The van der Waals surface area contributed by atoms with Gasteiger partial charge in [-0.3, -0.25) is 9.59 Å². The van der Waals surface area contributed by atoms with E-state index in [1.165, 1.54) is 0 Å². The summed E-state index contributed by atoms with van der Waals surface area (Å²) in [6.07, 6.45) is 0.816. The Labute approximate surface area is 154 Å². The summed E-state index contributed by atoms with van der Waals surface area (Å²) in [5, 5.41) is 40.0. The third-order valence-corrected chi connectivity index (χ3v) is 5.25. The van der Waals surface area contributed by atoms with E-state index in [1.807, 2.05) is 26.0 Å². The van der Waals surface area contributed by atoms with Crippen LogP contribution in [0.3, 0.4) is 0 Å². The molecule has 1 fully saturated rings. The van der Waals surface area contributed by atoms with Crippen molar-refractivity contribution in [1.82, 2.24) is 0 Å². The van der Waals surface area contributed by atoms with Gasteiger partial charge in [0.2, 0.25) is 0 Å². The highest BCUT2D eigenvalue weighted by atomic mass is 16.6. The van der Waals surface area contributed by atoms with Gasteiger partial charge in [-0.2, -0.15) is 0 Å². The van der Waals surface area contributed by atoms with Crippen molar-refractivity contribution in [2.45, 2.75) is 64.4 Å².